The molecular weight excluding hydrogens is 331 g/mol. The fraction of sp³-hybridized carbons (Fsp3) is 0.150. The van der Waals surface area contributed by atoms with Gasteiger partial charge in [-0.2, -0.15) is 5.10 Å². The summed E-state index contributed by atoms with van der Waals surface area (Å²) in [6.45, 7) is 4.63. The highest BCUT2D eigenvalue weighted by molar-refractivity contribution is 6.09. The Morgan fingerprint density at radius 2 is 1.96 bits per heavy atom. The lowest BCUT2D eigenvalue weighted by molar-refractivity contribution is 0.102. The number of fused-ring (bicyclic) bond motifs is 2. The van der Waals surface area contributed by atoms with E-state index in [1.807, 2.05) is 38.1 Å². The second-order valence-electron chi connectivity index (χ2n) is 6.13. The minimum Gasteiger partial charge on any atom is -0.305 e. The Labute approximate surface area is 149 Å². The third kappa shape index (κ3) is 2.69. The van der Waals surface area contributed by atoms with Crippen LogP contribution in [0.2, 0.25) is 0 Å². The van der Waals surface area contributed by atoms with Crippen molar-refractivity contribution >= 4 is 33.7 Å². The molecule has 26 heavy (non-hydrogen) atoms. The number of aryl methyl sites for hydroxylation is 2. The molecule has 0 fully saturated rings. The summed E-state index contributed by atoms with van der Waals surface area (Å²) in [6.07, 6.45) is 0. The molecule has 0 aliphatic heterocycles. The molecule has 0 saturated carbocycles. The van der Waals surface area contributed by atoms with Crippen LogP contribution in [0.25, 0.3) is 21.9 Å². The average Bonchev–Trinajstić information content (AvgIpc) is 2.98. The SMILES string of the molecule is CCn1nc(NC(=O)c2ccc(F)cc2)c2cc3cccc(C)c3nc21. The van der Waals surface area contributed by atoms with E-state index in [0.29, 0.717) is 17.9 Å². The number of nitrogens with zero attached hydrogens (tertiary/aromatic N) is 3. The molecular formula is C20H17FN4O. The number of carbonyl (C=O) groups is 1. The summed E-state index contributed by atoms with van der Waals surface area (Å²) in [5, 5.41) is 9.08. The molecule has 0 atom stereocenters. The number of amides is 1. The van der Waals surface area contributed by atoms with Gasteiger partial charge in [0, 0.05) is 17.5 Å². The van der Waals surface area contributed by atoms with Gasteiger partial charge >= 0.3 is 0 Å². The number of hydrogen-bond acceptors (Lipinski definition) is 3. The Hall–Kier alpha value is -3.28. The summed E-state index contributed by atoms with van der Waals surface area (Å²) < 4.78 is 14.8. The van der Waals surface area contributed by atoms with Gasteiger partial charge in [0.1, 0.15) is 5.82 Å². The lowest BCUT2D eigenvalue weighted by Gasteiger charge is -2.04. The highest BCUT2D eigenvalue weighted by atomic mass is 19.1. The second-order valence-corrected chi connectivity index (χ2v) is 6.13. The number of para-hydroxylation sites is 1. The molecule has 0 unspecified atom stereocenters. The Balaban J connectivity index is 1.82. The van der Waals surface area contributed by atoms with Crippen LogP contribution in [0.5, 0.6) is 0 Å². The van der Waals surface area contributed by atoms with Crippen molar-refractivity contribution < 1.29 is 9.18 Å². The first kappa shape index (κ1) is 16.2. The Kier molecular flexibility index (Phi) is 3.88. The number of rotatable bonds is 3. The van der Waals surface area contributed by atoms with E-state index in [1.165, 1.54) is 24.3 Å². The summed E-state index contributed by atoms with van der Waals surface area (Å²) in [6, 6.07) is 13.4. The monoisotopic (exact) mass is 348 g/mol. The number of benzene rings is 2. The minimum atomic E-state index is -0.381. The van der Waals surface area contributed by atoms with Crippen molar-refractivity contribution in [3.63, 3.8) is 0 Å². The molecule has 6 heteroatoms. The van der Waals surface area contributed by atoms with Crippen LogP contribution in [-0.2, 0) is 6.54 Å². The largest absolute Gasteiger partial charge is 0.305 e. The van der Waals surface area contributed by atoms with E-state index in [-0.39, 0.29) is 11.7 Å². The van der Waals surface area contributed by atoms with Crippen molar-refractivity contribution in [1.29, 1.82) is 0 Å². The van der Waals surface area contributed by atoms with Crippen molar-refractivity contribution in [3.8, 4) is 0 Å². The van der Waals surface area contributed by atoms with Gasteiger partial charge in [0.05, 0.1) is 10.9 Å². The van der Waals surface area contributed by atoms with E-state index in [9.17, 15) is 9.18 Å². The van der Waals surface area contributed by atoms with Gasteiger partial charge in [-0.3, -0.25) is 4.79 Å². The molecule has 0 radical (unpaired) electrons. The molecule has 0 spiro atoms. The summed E-state index contributed by atoms with van der Waals surface area (Å²) >= 11 is 0. The number of nitrogens with one attached hydrogen (secondary N) is 1. The molecule has 2 aromatic heterocycles. The van der Waals surface area contributed by atoms with Crippen LogP contribution in [0.3, 0.4) is 0 Å². The molecule has 4 rings (SSSR count). The maximum Gasteiger partial charge on any atom is 0.256 e. The lowest BCUT2D eigenvalue weighted by atomic mass is 10.1. The third-order valence-electron chi connectivity index (χ3n) is 4.39. The van der Waals surface area contributed by atoms with Gasteiger partial charge < -0.3 is 5.32 Å². The standard InChI is InChI=1S/C20H17FN4O/c1-3-25-19-16(11-14-6-4-5-12(2)17(14)22-19)18(24-25)23-20(26)13-7-9-15(21)10-8-13/h4-11H,3H2,1-2H3,(H,23,24,26). The van der Waals surface area contributed by atoms with E-state index in [1.54, 1.807) is 4.68 Å². The van der Waals surface area contributed by atoms with Gasteiger partial charge in [-0.1, -0.05) is 18.2 Å². The molecule has 2 aromatic carbocycles. The fourth-order valence-electron chi connectivity index (χ4n) is 3.02. The maximum atomic E-state index is 13.1. The predicted octanol–water partition coefficient (Wildman–Crippen LogP) is 4.30. The van der Waals surface area contributed by atoms with Crippen LogP contribution in [0.15, 0.2) is 48.5 Å². The van der Waals surface area contributed by atoms with Crippen molar-refractivity contribution in [2.24, 2.45) is 0 Å². The van der Waals surface area contributed by atoms with Gasteiger partial charge in [0.25, 0.3) is 5.91 Å². The third-order valence-corrected chi connectivity index (χ3v) is 4.39. The molecule has 130 valence electrons. The normalized spacial score (nSPS) is 11.2. The van der Waals surface area contributed by atoms with Crippen molar-refractivity contribution in [2.75, 3.05) is 5.32 Å². The molecule has 0 saturated heterocycles. The summed E-state index contributed by atoms with van der Waals surface area (Å²) in [4.78, 5) is 17.2. The topological polar surface area (TPSA) is 59.8 Å². The van der Waals surface area contributed by atoms with Gasteiger partial charge in [-0.05, 0) is 49.7 Å². The molecule has 5 nitrogen and oxygen atoms in total. The zero-order valence-corrected chi connectivity index (χ0v) is 14.5. The van der Waals surface area contributed by atoms with Crippen molar-refractivity contribution in [1.82, 2.24) is 14.8 Å². The second kappa shape index (κ2) is 6.22. The lowest BCUT2D eigenvalue weighted by Crippen LogP contribution is -2.12. The van der Waals surface area contributed by atoms with Crippen molar-refractivity contribution in [3.05, 3.63) is 65.5 Å². The molecule has 2 heterocycles. The van der Waals surface area contributed by atoms with Gasteiger partial charge in [-0.15, -0.1) is 0 Å². The van der Waals surface area contributed by atoms with Crippen LogP contribution in [-0.4, -0.2) is 20.7 Å². The maximum absolute atomic E-state index is 13.1. The molecule has 1 amide bonds. The number of anilines is 1. The summed E-state index contributed by atoms with van der Waals surface area (Å²) in [7, 11) is 0. The number of hydrogen-bond donors (Lipinski definition) is 1. The number of halogens is 1. The Morgan fingerprint density at radius 1 is 1.19 bits per heavy atom. The molecule has 4 aromatic rings. The van der Waals surface area contributed by atoms with E-state index < -0.39 is 0 Å². The Morgan fingerprint density at radius 3 is 2.69 bits per heavy atom. The first-order valence-corrected chi connectivity index (χ1v) is 8.40. The van der Waals surface area contributed by atoms with Gasteiger partial charge in [0.15, 0.2) is 11.5 Å². The van der Waals surface area contributed by atoms with E-state index in [2.05, 4.69) is 10.4 Å². The zero-order valence-electron chi connectivity index (χ0n) is 14.5. The number of carbonyl (C=O) groups excluding carboxylic acids is 1. The van der Waals surface area contributed by atoms with Crippen LogP contribution < -0.4 is 5.32 Å². The molecule has 0 bridgehead atoms. The van der Waals surface area contributed by atoms with Crippen LogP contribution in [0.1, 0.15) is 22.8 Å². The molecule has 0 aliphatic rings. The Bertz CT molecular complexity index is 1130. The smallest absolute Gasteiger partial charge is 0.256 e. The van der Waals surface area contributed by atoms with Gasteiger partial charge in [0.2, 0.25) is 0 Å². The molecule has 1 N–H and O–H groups in total. The highest BCUT2D eigenvalue weighted by Gasteiger charge is 2.16. The minimum absolute atomic E-state index is 0.336. The first-order chi connectivity index (χ1) is 12.6. The quantitative estimate of drug-likeness (QED) is 0.600. The van der Waals surface area contributed by atoms with E-state index in [4.69, 9.17) is 4.98 Å². The predicted molar refractivity (Wildman–Crippen MR) is 99.8 cm³/mol. The number of aromatic nitrogens is 3. The number of pyridine rings is 1. The van der Waals surface area contributed by atoms with Crippen LogP contribution in [0.4, 0.5) is 10.2 Å². The highest BCUT2D eigenvalue weighted by Crippen LogP contribution is 2.27. The van der Waals surface area contributed by atoms with Crippen LogP contribution >= 0.6 is 0 Å². The average molecular weight is 348 g/mol. The fourth-order valence-corrected chi connectivity index (χ4v) is 3.02. The van der Waals surface area contributed by atoms with E-state index >= 15 is 0 Å². The summed E-state index contributed by atoms with van der Waals surface area (Å²) in [5.74, 6) is -0.266. The van der Waals surface area contributed by atoms with Gasteiger partial charge in [-0.25, -0.2) is 14.1 Å². The van der Waals surface area contributed by atoms with Crippen molar-refractivity contribution in [2.45, 2.75) is 20.4 Å². The zero-order chi connectivity index (χ0) is 18.3. The summed E-state index contributed by atoms with van der Waals surface area (Å²) in [5.41, 5.74) is 3.11. The van der Waals surface area contributed by atoms with E-state index in [0.717, 1.165) is 27.5 Å². The van der Waals surface area contributed by atoms with Crippen LogP contribution in [0, 0.1) is 12.7 Å². The molecule has 0 aliphatic carbocycles. The first-order valence-electron chi connectivity index (χ1n) is 8.40.